The molecule has 0 bridgehead atoms. The highest BCUT2D eigenvalue weighted by Gasteiger charge is 2.40. The van der Waals surface area contributed by atoms with Gasteiger partial charge in [-0.2, -0.15) is 20.3 Å². The Hall–Kier alpha value is -3.14. The van der Waals surface area contributed by atoms with Crippen LogP contribution in [0.4, 0.5) is 5.95 Å². The molecule has 9 nitrogen and oxygen atoms in total. The number of fused-ring (bicyclic) bond motifs is 2. The number of anilines is 1. The van der Waals surface area contributed by atoms with Crippen molar-refractivity contribution in [2.45, 2.75) is 32.2 Å². The smallest absolute Gasteiger partial charge is 0.225 e. The van der Waals surface area contributed by atoms with Crippen LogP contribution in [-0.4, -0.2) is 48.9 Å². The zero-order valence-corrected chi connectivity index (χ0v) is 18.7. The summed E-state index contributed by atoms with van der Waals surface area (Å²) in [6.07, 6.45) is 5.89. The van der Waals surface area contributed by atoms with Crippen LogP contribution < -0.4 is 10.6 Å². The molecule has 1 amide bonds. The lowest BCUT2D eigenvalue weighted by atomic mass is 9.87. The molecule has 31 heavy (non-hydrogen) atoms. The molecular formula is C21H21BrN8O. The Labute approximate surface area is 186 Å². The molecule has 5 rings (SSSR count). The van der Waals surface area contributed by atoms with E-state index in [0.717, 1.165) is 41.2 Å². The number of halogens is 1. The van der Waals surface area contributed by atoms with Crippen LogP contribution in [0, 0.1) is 5.41 Å². The first-order valence-corrected chi connectivity index (χ1v) is 10.9. The predicted molar refractivity (Wildman–Crippen MR) is 121 cm³/mol. The molecule has 0 radical (unpaired) electrons. The molecule has 3 aromatic heterocycles. The minimum atomic E-state index is -0.366. The summed E-state index contributed by atoms with van der Waals surface area (Å²) in [5.74, 6) is 0.607. The molecule has 0 spiro atoms. The van der Waals surface area contributed by atoms with Gasteiger partial charge in [-0.1, -0.05) is 6.92 Å². The Kier molecular flexibility index (Phi) is 4.81. The first-order chi connectivity index (χ1) is 15.0. The highest BCUT2D eigenvalue weighted by molar-refractivity contribution is 9.10. The average molecular weight is 481 g/mol. The van der Waals surface area contributed by atoms with Crippen LogP contribution in [0.25, 0.3) is 27.6 Å². The van der Waals surface area contributed by atoms with Crippen molar-refractivity contribution in [3.05, 3.63) is 41.3 Å². The third-order valence-electron chi connectivity index (χ3n) is 5.97. The fourth-order valence-corrected chi connectivity index (χ4v) is 4.72. The van der Waals surface area contributed by atoms with Crippen LogP contribution in [0.3, 0.4) is 0 Å². The van der Waals surface area contributed by atoms with E-state index in [1.807, 2.05) is 31.2 Å². The quantitative estimate of drug-likeness (QED) is 0.461. The third kappa shape index (κ3) is 3.50. The molecule has 1 aromatic carbocycles. The maximum Gasteiger partial charge on any atom is 0.225 e. The van der Waals surface area contributed by atoms with Crippen molar-refractivity contribution in [1.29, 1.82) is 0 Å². The number of carbonyl (C=O) groups is 1. The number of nitrogens with one attached hydrogen (secondary N) is 2. The summed E-state index contributed by atoms with van der Waals surface area (Å²) in [4.78, 5) is 21.4. The molecule has 2 N–H and O–H groups in total. The third-order valence-corrected chi connectivity index (χ3v) is 6.56. The van der Waals surface area contributed by atoms with Crippen LogP contribution in [0.15, 0.2) is 41.3 Å². The van der Waals surface area contributed by atoms with Gasteiger partial charge in [0.05, 0.1) is 22.8 Å². The Morgan fingerprint density at radius 1 is 1.32 bits per heavy atom. The van der Waals surface area contributed by atoms with Crippen molar-refractivity contribution in [1.82, 2.24) is 35.3 Å². The fraction of sp³-hybridized carbons (Fsp3) is 0.333. The fourth-order valence-electron chi connectivity index (χ4n) is 4.28. The normalized spacial score (nSPS) is 20.9. The highest BCUT2D eigenvalue weighted by atomic mass is 79.9. The number of amides is 1. The van der Waals surface area contributed by atoms with E-state index in [-0.39, 0.29) is 17.4 Å². The minimum Gasteiger partial charge on any atom is -0.359 e. The number of carbonyl (C=O) groups excluding carboxylic acids is 1. The Morgan fingerprint density at radius 2 is 2.19 bits per heavy atom. The number of hydrogen-bond donors (Lipinski definition) is 2. The molecule has 0 aliphatic heterocycles. The zero-order chi connectivity index (χ0) is 21.6. The molecule has 1 fully saturated rings. The van der Waals surface area contributed by atoms with Crippen LogP contribution in [0.2, 0.25) is 0 Å². The van der Waals surface area contributed by atoms with E-state index in [0.29, 0.717) is 16.2 Å². The van der Waals surface area contributed by atoms with Gasteiger partial charge in [0, 0.05) is 30.1 Å². The molecule has 3 heterocycles. The number of nitrogens with zero attached hydrogens (tertiary/aromatic N) is 6. The first kappa shape index (κ1) is 19.8. The van der Waals surface area contributed by atoms with Gasteiger partial charge in [-0.25, -0.2) is 9.67 Å². The molecule has 0 saturated heterocycles. The minimum absolute atomic E-state index is 0.0798. The molecule has 2 atom stereocenters. The topological polar surface area (TPSA) is 111 Å². The van der Waals surface area contributed by atoms with Crippen molar-refractivity contribution < 1.29 is 4.79 Å². The van der Waals surface area contributed by atoms with Gasteiger partial charge in [0.15, 0.2) is 5.65 Å². The van der Waals surface area contributed by atoms with E-state index in [9.17, 15) is 4.79 Å². The van der Waals surface area contributed by atoms with Gasteiger partial charge in [0.25, 0.3) is 0 Å². The predicted octanol–water partition coefficient (Wildman–Crippen LogP) is 3.24. The van der Waals surface area contributed by atoms with Crippen LogP contribution >= 0.6 is 15.9 Å². The average Bonchev–Trinajstić information content (AvgIpc) is 3.33. The SMILES string of the molecule is CNC(=O)[C@]1(C)CC[C@@H](Nc2ncc3c(Br)nn(-c4ccc5nnccc5c4)c3n2)C1. The number of benzene rings is 1. The van der Waals surface area contributed by atoms with Gasteiger partial charge in [-0.15, -0.1) is 0 Å². The molecule has 4 aromatic rings. The molecule has 158 valence electrons. The lowest BCUT2D eigenvalue weighted by molar-refractivity contribution is -0.129. The van der Waals surface area contributed by atoms with Gasteiger partial charge in [-0.3, -0.25) is 4.79 Å². The summed E-state index contributed by atoms with van der Waals surface area (Å²) >= 11 is 3.52. The summed E-state index contributed by atoms with van der Waals surface area (Å²) in [6, 6.07) is 7.91. The molecule has 1 saturated carbocycles. The summed E-state index contributed by atoms with van der Waals surface area (Å²) < 4.78 is 2.46. The monoisotopic (exact) mass is 480 g/mol. The van der Waals surface area contributed by atoms with Crippen molar-refractivity contribution in [3.8, 4) is 5.69 Å². The van der Waals surface area contributed by atoms with Gasteiger partial charge in [-0.05, 0) is 59.5 Å². The van der Waals surface area contributed by atoms with Crippen molar-refractivity contribution in [3.63, 3.8) is 0 Å². The van der Waals surface area contributed by atoms with Gasteiger partial charge in [0.2, 0.25) is 11.9 Å². The Morgan fingerprint density at radius 3 is 3.03 bits per heavy atom. The molecule has 10 heteroatoms. The summed E-state index contributed by atoms with van der Waals surface area (Å²) in [6.45, 7) is 2.01. The van der Waals surface area contributed by atoms with Crippen LogP contribution in [0.1, 0.15) is 26.2 Å². The maximum absolute atomic E-state index is 12.2. The van der Waals surface area contributed by atoms with Gasteiger partial charge < -0.3 is 10.6 Å². The molecule has 0 unspecified atom stereocenters. The van der Waals surface area contributed by atoms with E-state index >= 15 is 0 Å². The zero-order valence-electron chi connectivity index (χ0n) is 17.1. The second-order valence-electron chi connectivity index (χ2n) is 8.13. The standard InChI is InChI=1S/C21H21BrN8O/c1-21(19(31)23-2)7-5-13(10-21)26-20-24-11-15-17(22)29-30(18(15)27-20)14-3-4-16-12(9-14)6-8-25-28-16/h3-4,6,8-9,11,13H,5,7,10H2,1-2H3,(H,23,31)(H,24,26,27)/t13-,21-/m1/s1. The van der Waals surface area contributed by atoms with Gasteiger partial charge in [0.1, 0.15) is 4.60 Å². The van der Waals surface area contributed by atoms with E-state index in [1.165, 1.54) is 0 Å². The van der Waals surface area contributed by atoms with E-state index in [1.54, 1.807) is 24.1 Å². The molecule has 1 aliphatic carbocycles. The first-order valence-electron chi connectivity index (χ1n) is 10.1. The maximum atomic E-state index is 12.2. The van der Waals surface area contributed by atoms with Crippen LogP contribution in [0.5, 0.6) is 0 Å². The van der Waals surface area contributed by atoms with Crippen molar-refractivity contribution >= 4 is 49.7 Å². The van der Waals surface area contributed by atoms with E-state index in [4.69, 9.17) is 4.98 Å². The largest absolute Gasteiger partial charge is 0.359 e. The summed E-state index contributed by atoms with van der Waals surface area (Å²) in [5, 5.41) is 20.6. The number of aromatic nitrogens is 6. The van der Waals surface area contributed by atoms with E-state index in [2.05, 4.69) is 46.8 Å². The Bertz CT molecular complexity index is 1310. The van der Waals surface area contributed by atoms with Crippen molar-refractivity contribution in [2.75, 3.05) is 12.4 Å². The lowest BCUT2D eigenvalue weighted by Gasteiger charge is -2.22. The second-order valence-corrected chi connectivity index (χ2v) is 8.88. The van der Waals surface area contributed by atoms with E-state index < -0.39 is 0 Å². The number of rotatable bonds is 4. The second kappa shape index (κ2) is 7.52. The number of hydrogen-bond acceptors (Lipinski definition) is 7. The summed E-state index contributed by atoms with van der Waals surface area (Å²) in [5.41, 5.74) is 2.01. The van der Waals surface area contributed by atoms with Gasteiger partial charge >= 0.3 is 0 Å². The van der Waals surface area contributed by atoms with Crippen LogP contribution in [-0.2, 0) is 4.79 Å². The molecule has 1 aliphatic rings. The lowest BCUT2D eigenvalue weighted by Crippen LogP contribution is -2.35. The summed E-state index contributed by atoms with van der Waals surface area (Å²) in [7, 11) is 1.68. The Balaban J connectivity index is 1.48. The van der Waals surface area contributed by atoms with Crippen molar-refractivity contribution in [2.24, 2.45) is 5.41 Å². The molecular weight excluding hydrogens is 460 g/mol. The highest BCUT2D eigenvalue weighted by Crippen LogP contribution is 2.39.